The quantitative estimate of drug-likeness (QED) is 0.742. The molecule has 3 heterocycles. The van der Waals surface area contributed by atoms with E-state index in [1.165, 1.54) is 51.5 Å². The Hall–Kier alpha value is -0.450. The highest BCUT2D eigenvalue weighted by molar-refractivity contribution is 5.60. The highest BCUT2D eigenvalue weighted by Crippen LogP contribution is 2.29. The zero-order valence-corrected chi connectivity index (χ0v) is 13.3. The van der Waals surface area contributed by atoms with Gasteiger partial charge in [0.2, 0.25) is 0 Å². The van der Waals surface area contributed by atoms with Crippen LogP contribution >= 0.6 is 0 Å². The third-order valence-electron chi connectivity index (χ3n) is 5.61. The largest absolute Gasteiger partial charge is 0.380 e. The molecule has 3 rings (SSSR count). The number of likely N-dealkylation sites (tertiary alicyclic amines) is 2. The fourth-order valence-corrected chi connectivity index (χ4v) is 4.30. The van der Waals surface area contributed by atoms with E-state index in [1.807, 2.05) is 0 Å². The molecule has 0 aliphatic carbocycles. The maximum Gasteiger partial charge on any atom is 0.129 e. The van der Waals surface area contributed by atoms with E-state index in [0.29, 0.717) is 6.61 Å². The van der Waals surface area contributed by atoms with Crippen molar-refractivity contribution in [3.05, 3.63) is 0 Å². The Morgan fingerprint density at radius 2 is 1.81 bits per heavy atom. The molecule has 0 spiro atoms. The lowest BCUT2D eigenvalue weighted by molar-refractivity contribution is -0.126. The summed E-state index contributed by atoms with van der Waals surface area (Å²) in [5, 5.41) is 0. The Bertz CT molecular complexity index is 328. The van der Waals surface area contributed by atoms with Gasteiger partial charge in [-0.2, -0.15) is 0 Å². The molecule has 4 heteroatoms. The Kier molecular flexibility index (Phi) is 5.30. The van der Waals surface area contributed by atoms with E-state index in [9.17, 15) is 4.79 Å². The molecular weight excluding hydrogens is 264 g/mol. The summed E-state index contributed by atoms with van der Waals surface area (Å²) in [7, 11) is 0. The van der Waals surface area contributed by atoms with Crippen molar-refractivity contribution < 1.29 is 9.53 Å². The van der Waals surface area contributed by atoms with Gasteiger partial charge in [0.25, 0.3) is 0 Å². The minimum Gasteiger partial charge on any atom is -0.380 e. The minimum atomic E-state index is -0.226. The van der Waals surface area contributed by atoms with Crippen molar-refractivity contribution in [2.75, 3.05) is 45.9 Å². The van der Waals surface area contributed by atoms with Crippen LogP contribution in [-0.4, -0.2) is 68.1 Å². The number of rotatable bonds is 4. The zero-order valence-electron chi connectivity index (χ0n) is 13.3. The third kappa shape index (κ3) is 3.85. The van der Waals surface area contributed by atoms with Gasteiger partial charge >= 0.3 is 0 Å². The average Bonchev–Trinajstić information content (AvgIpc) is 2.57. The van der Waals surface area contributed by atoms with Gasteiger partial charge in [-0.05, 0) is 64.7 Å². The molecule has 3 saturated heterocycles. The monoisotopic (exact) mass is 294 g/mol. The number of carbonyl (C=O) groups excluding carboxylic acids is 1. The maximum absolute atomic E-state index is 11.6. The van der Waals surface area contributed by atoms with Crippen LogP contribution in [0.1, 0.15) is 44.9 Å². The van der Waals surface area contributed by atoms with Crippen LogP contribution in [0.3, 0.4) is 0 Å². The van der Waals surface area contributed by atoms with Crippen LogP contribution in [0.4, 0.5) is 0 Å². The third-order valence-corrected chi connectivity index (χ3v) is 5.61. The van der Waals surface area contributed by atoms with Gasteiger partial charge in [-0.1, -0.05) is 6.42 Å². The second-order valence-electron chi connectivity index (χ2n) is 7.24. The first-order valence-electron chi connectivity index (χ1n) is 8.82. The van der Waals surface area contributed by atoms with Crippen molar-refractivity contribution >= 4 is 6.29 Å². The van der Waals surface area contributed by atoms with E-state index in [-0.39, 0.29) is 5.41 Å². The van der Waals surface area contributed by atoms with E-state index < -0.39 is 0 Å². The molecule has 0 bridgehead atoms. The SMILES string of the molecule is O=CC1(CN2CCC(N3CCCCC3)CC2)CCCOC1. The topological polar surface area (TPSA) is 32.8 Å². The first-order valence-corrected chi connectivity index (χ1v) is 8.82. The van der Waals surface area contributed by atoms with Gasteiger partial charge in [0.05, 0.1) is 12.0 Å². The molecule has 0 aromatic carbocycles. The molecule has 0 N–H and O–H groups in total. The second-order valence-corrected chi connectivity index (χ2v) is 7.24. The Morgan fingerprint density at radius 1 is 1.05 bits per heavy atom. The number of aldehydes is 1. The van der Waals surface area contributed by atoms with Crippen molar-refractivity contribution in [2.24, 2.45) is 5.41 Å². The van der Waals surface area contributed by atoms with Crippen LogP contribution < -0.4 is 0 Å². The highest BCUT2D eigenvalue weighted by atomic mass is 16.5. The highest BCUT2D eigenvalue weighted by Gasteiger charge is 2.36. The number of piperidine rings is 2. The molecule has 3 aliphatic heterocycles. The molecule has 0 aromatic rings. The first-order chi connectivity index (χ1) is 10.3. The zero-order chi connectivity index (χ0) is 14.5. The molecule has 0 amide bonds. The van der Waals surface area contributed by atoms with E-state index in [0.717, 1.165) is 45.1 Å². The van der Waals surface area contributed by atoms with Crippen LogP contribution in [0.5, 0.6) is 0 Å². The average molecular weight is 294 g/mol. The molecular formula is C17H30N2O2. The lowest BCUT2D eigenvalue weighted by Crippen LogP contribution is -2.50. The molecule has 1 unspecified atom stereocenters. The fraction of sp³-hybridized carbons (Fsp3) is 0.941. The van der Waals surface area contributed by atoms with Gasteiger partial charge in [-0.25, -0.2) is 0 Å². The van der Waals surface area contributed by atoms with Crippen molar-refractivity contribution in [2.45, 2.75) is 51.0 Å². The number of hydrogen-bond donors (Lipinski definition) is 0. The fourth-order valence-electron chi connectivity index (χ4n) is 4.30. The Morgan fingerprint density at radius 3 is 2.43 bits per heavy atom. The first kappa shape index (κ1) is 15.4. The van der Waals surface area contributed by atoms with E-state index in [4.69, 9.17) is 4.74 Å². The summed E-state index contributed by atoms with van der Waals surface area (Å²) in [5.41, 5.74) is -0.226. The second kappa shape index (κ2) is 7.21. The predicted molar refractivity (Wildman–Crippen MR) is 83.4 cm³/mol. The van der Waals surface area contributed by atoms with Crippen molar-refractivity contribution in [1.29, 1.82) is 0 Å². The summed E-state index contributed by atoms with van der Waals surface area (Å²) >= 11 is 0. The molecule has 3 fully saturated rings. The Labute approximate surface area is 128 Å². The molecule has 0 saturated carbocycles. The van der Waals surface area contributed by atoms with Gasteiger partial charge < -0.3 is 19.3 Å². The summed E-state index contributed by atoms with van der Waals surface area (Å²) in [4.78, 5) is 16.8. The van der Waals surface area contributed by atoms with Crippen LogP contribution in [0, 0.1) is 5.41 Å². The smallest absolute Gasteiger partial charge is 0.129 e. The number of nitrogens with zero attached hydrogens (tertiary/aromatic N) is 2. The molecule has 0 aromatic heterocycles. The lowest BCUT2D eigenvalue weighted by atomic mass is 9.83. The molecule has 120 valence electrons. The van der Waals surface area contributed by atoms with Gasteiger partial charge in [-0.15, -0.1) is 0 Å². The maximum atomic E-state index is 11.6. The van der Waals surface area contributed by atoms with Gasteiger partial charge in [0, 0.05) is 19.2 Å². The number of carbonyl (C=O) groups is 1. The van der Waals surface area contributed by atoms with Crippen LogP contribution in [0.2, 0.25) is 0 Å². The molecule has 21 heavy (non-hydrogen) atoms. The summed E-state index contributed by atoms with van der Waals surface area (Å²) in [6.07, 6.45) is 9.93. The predicted octanol–water partition coefficient (Wildman–Crippen LogP) is 1.93. The minimum absolute atomic E-state index is 0.226. The molecule has 4 nitrogen and oxygen atoms in total. The summed E-state index contributed by atoms with van der Waals surface area (Å²) in [6.45, 7) is 7.26. The van der Waals surface area contributed by atoms with Crippen molar-refractivity contribution in [3.8, 4) is 0 Å². The number of hydrogen-bond acceptors (Lipinski definition) is 4. The van der Waals surface area contributed by atoms with Crippen molar-refractivity contribution in [1.82, 2.24) is 9.80 Å². The number of ether oxygens (including phenoxy) is 1. The molecule has 1 atom stereocenters. The van der Waals surface area contributed by atoms with Gasteiger partial charge in [-0.3, -0.25) is 0 Å². The van der Waals surface area contributed by atoms with Crippen molar-refractivity contribution in [3.63, 3.8) is 0 Å². The van der Waals surface area contributed by atoms with E-state index >= 15 is 0 Å². The molecule has 0 radical (unpaired) electrons. The van der Waals surface area contributed by atoms with E-state index in [1.54, 1.807) is 0 Å². The van der Waals surface area contributed by atoms with Crippen LogP contribution in [-0.2, 0) is 9.53 Å². The summed E-state index contributed by atoms with van der Waals surface area (Å²) in [6, 6.07) is 0.788. The normalized spacial score (nSPS) is 33.9. The van der Waals surface area contributed by atoms with Crippen LogP contribution in [0.25, 0.3) is 0 Å². The van der Waals surface area contributed by atoms with E-state index in [2.05, 4.69) is 9.80 Å². The summed E-state index contributed by atoms with van der Waals surface area (Å²) < 4.78 is 5.57. The lowest BCUT2D eigenvalue weighted by Gasteiger charge is -2.43. The van der Waals surface area contributed by atoms with Crippen LogP contribution in [0.15, 0.2) is 0 Å². The standard InChI is InChI=1S/C17H30N2O2/c20-14-17(7-4-12-21-15-17)13-18-10-5-16(6-11-18)19-8-2-1-3-9-19/h14,16H,1-13,15H2. The molecule has 3 aliphatic rings. The van der Waals surface area contributed by atoms with Gasteiger partial charge in [0.15, 0.2) is 0 Å². The Balaban J connectivity index is 1.47. The van der Waals surface area contributed by atoms with Gasteiger partial charge in [0.1, 0.15) is 6.29 Å². The summed E-state index contributed by atoms with van der Waals surface area (Å²) in [5.74, 6) is 0.